The first-order chi connectivity index (χ1) is 11.2. The molecule has 0 spiro atoms. The van der Waals surface area contributed by atoms with Crippen molar-refractivity contribution in [1.82, 2.24) is 20.1 Å². The molecule has 0 aliphatic heterocycles. The lowest BCUT2D eigenvalue weighted by molar-refractivity contribution is 0.179. The van der Waals surface area contributed by atoms with Crippen LogP contribution in [-0.4, -0.2) is 46.8 Å². The summed E-state index contributed by atoms with van der Waals surface area (Å²) < 4.78 is 0. The highest BCUT2D eigenvalue weighted by atomic mass is 32.1. The molecule has 0 amide bonds. The van der Waals surface area contributed by atoms with Crippen LogP contribution in [0.5, 0.6) is 0 Å². The lowest BCUT2D eigenvalue weighted by Crippen LogP contribution is -2.41. The topological polar surface area (TPSA) is 53.9 Å². The Morgan fingerprint density at radius 1 is 1.22 bits per heavy atom. The van der Waals surface area contributed by atoms with Crippen LogP contribution in [0.2, 0.25) is 0 Å². The monoisotopic (exact) mass is 331 g/mol. The zero-order valence-electron chi connectivity index (χ0n) is 13.9. The summed E-state index contributed by atoms with van der Waals surface area (Å²) in [5, 5.41) is 13.8. The van der Waals surface area contributed by atoms with Gasteiger partial charge in [-0.2, -0.15) is 0 Å². The van der Waals surface area contributed by atoms with E-state index in [1.54, 1.807) is 17.5 Å². The van der Waals surface area contributed by atoms with Gasteiger partial charge in [-0.1, -0.05) is 36.7 Å². The summed E-state index contributed by atoms with van der Waals surface area (Å²) in [4.78, 5) is 6.68. The van der Waals surface area contributed by atoms with Crippen molar-refractivity contribution in [3.05, 3.63) is 24.4 Å². The highest BCUT2D eigenvalue weighted by molar-refractivity contribution is 7.18. The van der Waals surface area contributed by atoms with Crippen LogP contribution in [0.3, 0.4) is 0 Å². The maximum Gasteiger partial charge on any atom is 0.206 e. The zero-order valence-corrected chi connectivity index (χ0v) is 14.7. The average molecular weight is 331 g/mol. The van der Waals surface area contributed by atoms with Gasteiger partial charge < -0.3 is 10.2 Å². The van der Waals surface area contributed by atoms with Crippen LogP contribution >= 0.6 is 11.3 Å². The lowest BCUT2D eigenvalue weighted by atomic mass is 9.83. The highest BCUT2D eigenvalue weighted by Crippen LogP contribution is 2.29. The standard InChI is InChI=1S/C17H25N5S/c1-22(2)15(13-8-4-3-5-9-13)12-19-17-21-20-16(23-17)14-10-6-7-11-18-14/h6-7,10-11,13,15H,3-5,8-9,12H2,1-2H3,(H,19,21). The molecule has 2 heterocycles. The van der Waals surface area contributed by atoms with Gasteiger partial charge in [0, 0.05) is 18.8 Å². The minimum Gasteiger partial charge on any atom is -0.358 e. The first-order valence-corrected chi connectivity index (χ1v) is 9.21. The van der Waals surface area contributed by atoms with Crippen LogP contribution in [-0.2, 0) is 0 Å². The molecule has 1 N–H and O–H groups in total. The molecule has 3 rings (SSSR count). The second-order valence-electron chi connectivity index (χ2n) is 6.44. The molecule has 23 heavy (non-hydrogen) atoms. The Bertz CT molecular complexity index is 592. The molecule has 2 aromatic rings. The predicted octanol–water partition coefficient (Wildman–Crippen LogP) is 3.52. The van der Waals surface area contributed by atoms with Crippen LogP contribution in [0.15, 0.2) is 24.4 Å². The molecule has 1 fully saturated rings. The number of aromatic nitrogens is 3. The van der Waals surface area contributed by atoms with E-state index in [0.29, 0.717) is 6.04 Å². The van der Waals surface area contributed by atoms with Crippen LogP contribution in [0, 0.1) is 5.92 Å². The van der Waals surface area contributed by atoms with Gasteiger partial charge in [0.05, 0.1) is 0 Å². The molecule has 1 saturated carbocycles. The van der Waals surface area contributed by atoms with Crippen molar-refractivity contribution in [2.24, 2.45) is 5.92 Å². The molecule has 2 aromatic heterocycles. The molecule has 0 aromatic carbocycles. The number of hydrogen-bond donors (Lipinski definition) is 1. The highest BCUT2D eigenvalue weighted by Gasteiger charge is 2.25. The quantitative estimate of drug-likeness (QED) is 0.877. The van der Waals surface area contributed by atoms with E-state index in [0.717, 1.165) is 28.3 Å². The molecule has 0 bridgehead atoms. The third kappa shape index (κ3) is 4.26. The molecule has 1 atom stereocenters. The third-order valence-corrected chi connectivity index (χ3v) is 5.53. The van der Waals surface area contributed by atoms with Gasteiger partial charge in [0.1, 0.15) is 5.69 Å². The van der Waals surface area contributed by atoms with Gasteiger partial charge >= 0.3 is 0 Å². The maximum atomic E-state index is 4.33. The van der Waals surface area contributed by atoms with E-state index in [1.807, 2.05) is 18.2 Å². The smallest absolute Gasteiger partial charge is 0.206 e. The number of nitrogens with one attached hydrogen (secondary N) is 1. The van der Waals surface area contributed by atoms with Crippen molar-refractivity contribution in [3.8, 4) is 10.7 Å². The van der Waals surface area contributed by atoms with Gasteiger partial charge in [-0.3, -0.25) is 4.98 Å². The van der Waals surface area contributed by atoms with E-state index in [2.05, 4.69) is 39.5 Å². The van der Waals surface area contributed by atoms with Gasteiger partial charge in [-0.25, -0.2) is 0 Å². The van der Waals surface area contributed by atoms with E-state index < -0.39 is 0 Å². The number of hydrogen-bond acceptors (Lipinski definition) is 6. The van der Waals surface area contributed by atoms with Gasteiger partial charge in [-0.05, 0) is 45.0 Å². The van der Waals surface area contributed by atoms with Crippen LogP contribution < -0.4 is 5.32 Å². The first kappa shape index (κ1) is 16.3. The summed E-state index contributed by atoms with van der Waals surface area (Å²) >= 11 is 1.57. The molecule has 0 radical (unpaired) electrons. The molecular formula is C17H25N5S. The fourth-order valence-corrected chi connectivity index (χ4v) is 4.10. The number of likely N-dealkylation sites (N-methyl/N-ethyl adjacent to an activating group) is 1. The van der Waals surface area contributed by atoms with Crippen LogP contribution in [0.25, 0.3) is 10.7 Å². The summed E-state index contributed by atoms with van der Waals surface area (Å²) in [7, 11) is 4.36. The molecule has 0 saturated heterocycles. The normalized spacial score (nSPS) is 17.3. The van der Waals surface area contributed by atoms with Gasteiger partial charge in [0.25, 0.3) is 0 Å². The van der Waals surface area contributed by atoms with Crippen molar-refractivity contribution in [2.75, 3.05) is 26.0 Å². The number of nitrogens with zero attached hydrogens (tertiary/aromatic N) is 4. The molecule has 5 nitrogen and oxygen atoms in total. The largest absolute Gasteiger partial charge is 0.358 e. The Balaban J connectivity index is 1.61. The Labute approximate surface area is 142 Å². The summed E-state index contributed by atoms with van der Waals surface area (Å²) in [5.41, 5.74) is 0.884. The summed E-state index contributed by atoms with van der Waals surface area (Å²) in [6.45, 7) is 0.925. The Kier molecular flexibility index (Phi) is 5.56. The van der Waals surface area contributed by atoms with Crippen molar-refractivity contribution in [3.63, 3.8) is 0 Å². The van der Waals surface area contributed by atoms with Crippen molar-refractivity contribution < 1.29 is 0 Å². The summed E-state index contributed by atoms with van der Waals surface area (Å²) in [5.74, 6) is 0.787. The van der Waals surface area contributed by atoms with Gasteiger partial charge in [-0.15, -0.1) is 10.2 Å². The van der Waals surface area contributed by atoms with Crippen molar-refractivity contribution >= 4 is 16.5 Å². The Hall–Kier alpha value is -1.53. The second-order valence-corrected chi connectivity index (χ2v) is 7.41. The van der Waals surface area contributed by atoms with Crippen LogP contribution in [0.1, 0.15) is 32.1 Å². The molecule has 1 unspecified atom stereocenters. The number of anilines is 1. The predicted molar refractivity (Wildman–Crippen MR) is 95.7 cm³/mol. The molecular weight excluding hydrogens is 306 g/mol. The molecule has 124 valence electrons. The Morgan fingerprint density at radius 3 is 2.74 bits per heavy atom. The fourth-order valence-electron chi connectivity index (χ4n) is 3.37. The van der Waals surface area contributed by atoms with E-state index in [9.17, 15) is 0 Å². The third-order valence-electron chi connectivity index (χ3n) is 4.63. The summed E-state index contributed by atoms with van der Waals surface area (Å²) in [6.07, 6.45) is 8.62. The van der Waals surface area contributed by atoms with E-state index in [4.69, 9.17) is 0 Å². The second kappa shape index (κ2) is 7.84. The molecule has 1 aliphatic rings. The zero-order chi connectivity index (χ0) is 16.1. The van der Waals surface area contributed by atoms with Gasteiger partial charge in [0.15, 0.2) is 5.01 Å². The van der Waals surface area contributed by atoms with Crippen molar-refractivity contribution in [1.29, 1.82) is 0 Å². The maximum absolute atomic E-state index is 4.33. The fraction of sp³-hybridized carbons (Fsp3) is 0.588. The number of pyridine rings is 1. The van der Waals surface area contributed by atoms with E-state index in [-0.39, 0.29) is 0 Å². The molecule has 1 aliphatic carbocycles. The first-order valence-electron chi connectivity index (χ1n) is 8.39. The van der Waals surface area contributed by atoms with E-state index in [1.165, 1.54) is 32.1 Å². The van der Waals surface area contributed by atoms with E-state index >= 15 is 0 Å². The molecule has 6 heteroatoms. The summed E-state index contributed by atoms with van der Waals surface area (Å²) in [6, 6.07) is 6.41. The number of rotatable bonds is 6. The minimum absolute atomic E-state index is 0.553. The Morgan fingerprint density at radius 2 is 2.04 bits per heavy atom. The average Bonchev–Trinajstić information content (AvgIpc) is 3.05. The van der Waals surface area contributed by atoms with Crippen LogP contribution in [0.4, 0.5) is 5.13 Å². The SMILES string of the molecule is CN(C)C(CNc1nnc(-c2ccccn2)s1)C1CCCCC1. The van der Waals surface area contributed by atoms with Crippen molar-refractivity contribution in [2.45, 2.75) is 38.1 Å². The minimum atomic E-state index is 0.553. The van der Waals surface area contributed by atoms with Gasteiger partial charge in [0.2, 0.25) is 5.13 Å². The lowest BCUT2D eigenvalue weighted by Gasteiger charge is -2.34.